The van der Waals surface area contributed by atoms with Crippen LogP contribution in [0.25, 0.3) is 11.1 Å². The molecule has 0 radical (unpaired) electrons. The van der Waals surface area contributed by atoms with Crippen molar-refractivity contribution in [1.82, 2.24) is 0 Å². The van der Waals surface area contributed by atoms with Crippen molar-refractivity contribution in [3.8, 4) is 22.6 Å². The summed E-state index contributed by atoms with van der Waals surface area (Å²) in [6, 6.07) is 15.3. The van der Waals surface area contributed by atoms with Crippen molar-refractivity contribution in [2.75, 3.05) is 6.61 Å². The van der Waals surface area contributed by atoms with Crippen molar-refractivity contribution < 1.29 is 23.8 Å². The maximum atomic E-state index is 12.2. The fraction of sp³-hybridized carbons (Fsp3) is 0.500. The molecule has 0 N–H and O–H groups in total. The predicted octanol–water partition coefficient (Wildman–Crippen LogP) is 7.12. The minimum Gasteiger partial charge on any atom is -0.494 e. The summed E-state index contributed by atoms with van der Waals surface area (Å²) in [5.74, 6) is 0.329. The second kappa shape index (κ2) is 15.1. The van der Waals surface area contributed by atoms with Crippen LogP contribution in [-0.2, 0) is 14.3 Å². The molecule has 0 bridgehead atoms. The minimum atomic E-state index is -0.932. The Bertz CT molecular complexity index is 826. The molecule has 2 aromatic carbocycles. The van der Waals surface area contributed by atoms with Crippen molar-refractivity contribution in [3.05, 3.63) is 48.5 Å². The van der Waals surface area contributed by atoms with Crippen LogP contribution in [0, 0.1) is 0 Å². The van der Waals surface area contributed by atoms with Crippen LogP contribution in [-0.4, -0.2) is 24.6 Å². The van der Waals surface area contributed by atoms with Crippen LogP contribution in [0.3, 0.4) is 0 Å². The number of unbranched alkanes of at least 4 members (excludes halogenated alkanes) is 6. The highest BCUT2D eigenvalue weighted by molar-refractivity contribution is 5.80. The lowest BCUT2D eigenvalue weighted by molar-refractivity contribution is -0.161. The highest BCUT2D eigenvalue weighted by atomic mass is 16.6. The van der Waals surface area contributed by atoms with E-state index in [1.54, 1.807) is 12.1 Å². The molecule has 0 saturated carbocycles. The molecule has 0 fully saturated rings. The molecule has 2 rings (SSSR count). The molecule has 1 atom stereocenters. The van der Waals surface area contributed by atoms with E-state index >= 15 is 0 Å². The Morgan fingerprint density at radius 3 is 1.88 bits per heavy atom. The highest BCUT2D eigenvalue weighted by Gasteiger charge is 2.19. The number of ether oxygens (including phenoxy) is 3. The number of carbonyl (C=O) groups excluding carboxylic acids is 2. The first-order valence-electron chi connectivity index (χ1n) is 12.3. The van der Waals surface area contributed by atoms with Crippen LogP contribution >= 0.6 is 0 Å². The SMILES string of the molecule is CCCCCCCCOc1ccc(-c2ccc(OC(=O)C(C)OC(=O)CCCC)cc2)cc1. The van der Waals surface area contributed by atoms with Crippen molar-refractivity contribution >= 4 is 11.9 Å². The van der Waals surface area contributed by atoms with E-state index in [1.807, 2.05) is 43.3 Å². The molecule has 0 aliphatic heterocycles. The van der Waals surface area contributed by atoms with Gasteiger partial charge in [0.2, 0.25) is 0 Å². The Morgan fingerprint density at radius 2 is 1.27 bits per heavy atom. The van der Waals surface area contributed by atoms with E-state index in [1.165, 1.54) is 39.0 Å². The molecule has 0 spiro atoms. The first-order chi connectivity index (χ1) is 16.0. The van der Waals surface area contributed by atoms with Gasteiger partial charge in [0, 0.05) is 6.42 Å². The zero-order valence-corrected chi connectivity index (χ0v) is 20.3. The Hall–Kier alpha value is -2.82. The Balaban J connectivity index is 1.78. The van der Waals surface area contributed by atoms with E-state index in [2.05, 4.69) is 6.92 Å². The Labute approximate surface area is 198 Å². The fourth-order valence-electron chi connectivity index (χ4n) is 3.36. The third-order valence-corrected chi connectivity index (χ3v) is 5.40. The maximum Gasteiger partial charge on any atom is 0.352 e. The third-order valence-electron chi connectivity index (χ3n) is 5.40. The average Bonchev–Trinajstić information content (AvgIpc) is 2.83. The van der Waals surface area contributed by atoms with E-state index in [0.29, 0.717) is 12.2 Å². The number of esters is 2. The molecule has 0 aromatic heterocycles. The zero-order chi connectivity index (χ0) is 23.9. The van der Waals surface area contributed by atoms with Gasteiger partial charge >= 0.3 is 11.9 Å². The molecule has 180 valence electrons. The lowest BCUT2D eigenvalue weighted by Crippen LogP contribution is -2.28. The molecule has 2 aromatic rings. The second-order valence-corrected chi connectivity index (χ2v) is 8.32. The van der Waals surface area contributed by atoms with Crippen molar-refractivity contribution in [2.24, 2.45) is 0 Å². The molecule has 5 nitrogen and oxygen atoms in total. The van der Waals surface area contributed by atoms with Gasteiger partial charge < -0.3 is 14.2 Å². The molecular weight excluding hydrogens is 416 g/mol. The molecular formula is C28H38O5. The molecule has 0 heterocycles. The second-order valence-electron chi connectivity index (χ2n) is 8.32. The number of carbonyl (C=O) groups is 2. The summed E-state index contributed by atoms with van der Waals surface area (Å²) in [5, 5.41) is 0. The van der Waals surface area contributed by atoms with Gasteiger partial charge in [0.15, 0.2) is 6.10 Å². The minimum absolute atomic E-state index is 0.311. The number of hydrogen-bond acceptors (Lipinski definition) is 5. The van der Waals surface area contributed by atoms with Crippen LogP contribution in [0.5, 0.6) is 11.5 Å². The quantitative estimate of drug-likeness (QED) is 0.163. The van der Waals surface area contributed by atoms with Gasteiger partial charge in [-0.1, -0.05) is 76.6 Å². The summed E-state index contributed by atoms with van der Waals surface area (Å²) >= 11 is 0. The van der Waals surface area contributed by atoms with Gasteiger partial charge in [0.1, 0.15) is 11.5 Å². The van der Waals surface area contributed by atoms with Gasteiger partial charge in [-0.05, 0) is 55.2 Å². The van der Waals surface area contributed by atoms with Gasteiger partial charge in [-0.2, -0.15) is 0 Å². The summed E-state index contributed by atoms with van der Waals surface area (Å²) in [4.78, 5) is 23.9. The summed E-state index contributed by atoms with van der Waals surface area (Å²) in [7, 11) is 0. The Morgan fingerprint density at radius 1 is 0.727 bits per heavy atom. The highest BCUT2D eigenvalue weighted by Crippen LogP contribution is 2.25. The number of rotatable bonds is 15. The molecule has 0 aliphatic carbocycles. The van der Waals surface area contributed by atoms with E-state index in [4.69, 9.17) is 14.2 Å². The van der Waals surface area contributed by atoms with Crippen LogP contribution in [0.2, 0.25) is 0 Å². The maximum absolute atomic E-state index is 12.2. The van der Waals surface area contributed by atoms with E-state index in [-0.39, 0.29) is 5.97 Å². The predicted molar refractivity (Wildman–Crippen MR) is 131 cm³/mol. The fourth-order valence-corrected chi connectivity index (χ4v) is 3.36. The van der Waals surface area contributed by atoms with Crippen LogP contribution in [0.15, 0.2) is 48.5 Å². The summed E-state index contributed by atoms with van der Waals surface area (Å²) in [6.45, 7) is 6.50. The van der Waals surface area contributed by atoms with Crippen molar-refractivity contribution in [2.45, 2.75) is 84.7 Å². The number of hydrogen-bond donors (Lipinski definition) is 0. The van der Waals surface area contributed by atoms with Gasteiger partial charge in [-0.15, -0.1) is 0 Å². The summed E-state index contributed by atoms with van der Waals surface area (Å²) in [6.07, 6.45) is 8.51. The lowest BCUT2D eigenvalue weighted by Gasteiger charge is -2.13. The van der Waals surface area contributed by atoms with Crippen LogP contribution < -0.4 is 9.47 Å². The van der Waals surface area contributed by atoms with Crippen molar-refractivity contribution in [1.29, 1.82) is 0 Å². The molecule has 33 heavy (non-hydrogen) atoms. The Kier molecular flexibility index (Phi) is 12.1. The third kappa shape index (κ3) is 10.1. The molecule has 0 saturated heterocycles. The normalized spacial score (nSPS) is 11.6. The average molecular weight is 455 g/mol. The van der Waals surface area contributed by atoms with Crippen LogP contribution in [0.4, 0.5) is 0 Å². The molecule has 0 aliphatic rings. The monoisotopic (exact) mass is 454 g/mol. The first-order valence-corrected chi connectivity index (χ1v) is 12.3. The van der Waals surface area contributed by atoms with Gasteiger partial charge in [-0.25, -0.2) is 4.79 Å². The lowest BCUT2D eigenvalue weighted by atomic mass is 10.1. The van der Waals surface area contributed by atoms with E-state index in [0.717, 1.165) is 42.7 Å². The number of benzene rings is 2. The summed E-state index contributed by atoms with van der Waals surface area (Å²) in [5.41, 5.74) is 2.06. The zero-order valence-electron chi connectivity index (χ0n) is 20.3. The van der Waals surface area contributed by atoms with Gasteiger partial charge in [-0.3, -0.25) is 4.79 Å². The van der Waals surface area contributed by atoms with E-state index in [9.17, 15) is 9.59 Å². The van der Waals surface area contributed by atoms with Gasteiger partial charge in [0.05, 0.1) is 6.61 Å². The molecule has 1 unspecified atom stereocenters. The largest absolute Gasteiger partial charge is 0.494 e. The smallest absolute Gasteiger partial charge is 0.352 e. The topological polar surface area (TPSA) is 61.8 Å². The van der Waals surface area contributed by atoms with Crippen LogP contribution in [0.1, 0.15) is 78.6 Å². The van der Waals surface area contributed by atoms with E-state index < -0.39 is 12.1 Å². The molecule has 0 amide bonds. The van der Waals surface area contributed by atoms with Crippen molar-refractivity contribution in [3.63, 3.8) is 0 Å². The molecule has 5 heteroatoms. The standard InChI is InChI=1S/C28H38O5/c1-4-6-8-9-10-11-21-31-25-17-13-23(14-18-25)24-15-19-26(20-16-24)33-28(30)22(3)32-27(29)12-7-5-2/h13-20,22H,4-12,21H2,1-3H3. The van der Waals surface area contributed by atoms with Gasteiger partial charge in [0.25, 0.3) is 0 Å². The first kappa shape index (κ1) is 26.4. The summed E-state index contributed by atoms with van der Waals surface area (Å²) < 4.78 is 16.3.